The number of thioether (sulfide) groups is 1. The summed E-state index contributed by atoms with van der Waals surface area (Å²) in [7, 11) is 0. The summed E-state index contributed by atoms with van der Waals surface area (Å²) >= 11 is 1.63. The topological polar surface area (TPSA) is 52.1 Å². The highest BCUT2D eigenvalue weighted by Crippen LogP contribution is 2.28. The number of nitrogens with zero attached hydrogens (tertiary/aromatic N) is 2. The minimum Gasteiger partial charge on any atom is -0.468 e. The van der Waals surface area contributed by atoms with Crippen molar-refractivity contribution in [3.05, 3.63) is 53.8 Å². The number of hydrogen-bond acceptors (Lipinski definition) is 5. The van der Waals surface area contributed by atoms with Crippen LogP contribution >= 0.6 is 11.8 Å². The van der Waals surface area contributed by atoms with Crippen molar-refractivity contribution >= 4 is 11.8 Å². The van der Waals surface area contributed by atoms with Gasteiger partial charge in [-0.1, -0.05) is 18.2 Å². The maximum Gasteiger partial charge on any atom is 0.248 e. The smallest absolute Gasteiger partial charge is 0.248 e. The fraction of sp³-hybridized carbons (Fsp3) is 0.200. The number of furan rings is 1. The first kappa shape index (κ1) is 13.0. The van der Waals surface area contributed by atoms with Gasteiger partial charge in [0.05, 0.1) is 12.0 Å². The molecule has 0 atom stereocenters. The molecule has 0 aliphatic rings. The van der Waals surface area contributed by atoms with Crippen LogP contribution in [0.4, 0.5) is 0 Å². The lowest BCUT2D eigenvalue weighted by atomic mass is 10.1. The highest BCUT2D eigenvalue weighted by Gasteiger charge is 2.11. The summed E-state index contributed by atoms with van der Waals surface area (Å²) in [5, 5.41) is 8.21. The molecule has 4 nitrogen and oxygen atoms in total. The first-order chi connectivity index (χ1) is 9.74. The Morgan fingerprint density at radius 3 is 2.70 bits per heavy atom. The molecule has 1 aromatic carbocycles. The molecule has 102 valence electrons. The van der Waals surface area contributed by atoms with Crippen LogP contribution in [0.15, 0.2) is 50.3 Å². The van der Waals surface area contributed by atoms with Crippen molar-refractivity contribution in [3.63, 3.8) is 0 Å². The predicted molar refractivity (Wildman–Crippen MR) is 77.5 cm³/mol. The maximum atomic E-state index is 5.72. The van der Waals surface area contributed by atoms with Gasteiger partial charge in [0.1, 0.15) is 5.76 Å². The van der Waals surface area contributed by atoms with Crippen LogP contribution in [-0.4, -0.2) is 10.2 Å². The third kappa shape index (κ3) is 2.63. The molecule has 0 unspecified atom stereocenters. The van der Waals surface area contributed by atoms with Gasteiger partial charge in [0.25, 0.3) is 0 Å². The summed E-state index contributed by atoms with van der Waals surface area (Å²) in [5.74, 6) is 2.74. The van der Waals surface area contributed by atoms with E-state index in [-0.39, 0.29) is 0 Å². The molecule has 0 saturated carbocycles. The van der Waals surface area contributed by atoms with Gasteiger partial charge in [-0.25, -0.2) is 0 Å². The Labute approximate surface area is 121 Å². The van der Waals surface area contributed by atoms with Crippen molar-refractivity contribution in [1.82, 2.24) is 10.2 Å². The fourth-order valence-corrected chi connectivity index (χ4v) is 2.69. The van der Waals surface area contributed by atoms with E-state index in [0.717, 1.165) is 21.8 Å². The Morgan fingerprint density at radius 2 is 1.95 bits per heavy atom. The molecular formula is C15H14N2O2S. The zero-order valence-corrected chi connectivity index (χ0v) is 12.1. The van der Waals surface area contributed by atoms with Crippen molar-refractivity contribution in [2.24, 2.45) is 0 Å². The minimum atomic E-state index is 0.572. The third-order valence-electron chi connectivity index (χ3n) is 3.00. The van der Waals surface area contributed by atoms with Crippen molar-refractivity contribution in [2.75, 3.05) is 0 Å². The van der Waals surface area contributed by atoms with E-state index in [9.17, 15) is 0 Å². The minimum absolute atomic E-state index is 0.572. The summed E-state index contributed by atoms with van der Waals surface area (Å²) in [6.45, 7) is 3.97. The number of aryl methyl sites for hydroxylation is 2. The molecule has 0 N–H and O–H groups in total. The summed E-state index contributed by atoms with van der Waals surface area (Å²) < 4.78 is 11.0. The summed E-state index contributed by atoms with van der Waals surface area (Å²) in [4.78, 5) is 1.10. The van der Waals surface area contributed by atoms with Crippen LogP contribution < -0.4 is 0 Å². The molecule has 20 heavy (non-hydrogen) atoms. The second-order valence-corrected chi connectivity index (χ2v) is 5.46. The van der Waals surface area contributed by atoms with Gasteiger partial charge in [-0.05, 0) is 31.5 Å². The van der Waals surface area contributed by atoms with E-state index in [1.54, 1.807) is 18.0 Å². The number of hydrogen-bond donors (Lipinski definition) is 0. The average Bonchev–Trinajstić information content (AvgIpc) is 3.06. The van der Waals surface area contributed by atoms with Gasteiger partial charge in [0.2, 0.25) is 11.8 Å². The van der Waals surface area contributed by atoms with Crippen LogP contribution in [0.1, 0.15) is 17.2 Å². The average molecular weight is 286 g/mol. The number of aromatic nitrogens is 2. The van der Waals surface area contributed by atoms with Crippen LogP contribution in [0.25, 0.3) is 11.5 Å². The molecule has 0 aliphatic heterocycles. The highest BCUT2D eigenvalue weighted by molar-refractivity contribution is 7.98. The van der Waals surface area contributed by atoms with E-state index in [1.165, 1.54) is 0 Å². The lowest BCUT2D eigenvalue weighted by Crippen LogP contribution is -1.81. The van der Waals surface area contributed by atoms with Crippen molar-refractivity contribution in [2.45, 2.75) is 24.5 Å². The Kier molecular flexibility index (Phi) is 3.60. The van der Waals surface area contributed by atoms with E-state index in [2.05, 4.69) is 10.2 Å². The zero-order chi connectivity index (χ0) is 13.9. The highest BCUT2D eigenvalue weighted by atomic mass is 32.2. The van der Waals surface area contributed by atoms with Gasteiger partial charge in [-0.3, -0.25) is 0 Å². The molecule has 0 spiro atoms. The fourth-order valence-electron chi connectivity index (χ4n) is 1.90. The van der Waals surface area contributed by atoms with Gasteiger partial charge >= 0.3 is 0 Å². The molecule has 0 fully saturated rings. The largest absolute Gasteiger partial charge is 0.468 e. The molecule has 0 saturated heterocycles. The Balaban J connectivity index is 1.74. The van der Waals surface area contributed by atoms with Crippen LogP contribution in [0, 0.1) is 13.8 Å². The Bertz CT molecular complexity index is 718. The number of rotatable bonds is 4. The molecule has 2 heterocycles. The zero-order valence-electron chi connectivity index (χ0n) is 11.3. The Hall–Kier alpha value is -2.01. The van der Waals surface area contributed by atoms with E-state index in [0.29, 0.717) is 17.5 Å². The molecule has 0 radical (unpaired) electrons. The monoisotopic (exact) mass is 286 g/mol. The summed E-state index contributed by atoms with van der Waals surface area (Å²) in [6.07, 6.45) is 1.68. The van der Waals surface area contributed by atoms with E-state index < -0.39 is 0 Å². The molecule has 0 bridgehead atoms. The number of benzene rings is 1. The quantitative estimate of drug-likeness (QED) is 0.671. The SMILES string of the molecule is Cc1ccccc1-c1nnc(CSc2ccoc2C)o1. The van der Waals surface area contributed by atoms with Crippen molar-refractivity contribution < 1.29 is 8.83 Å². The third-order valence-corrected chi connectivity index (χ3v) is 4.13. The second-order valence-electron chi connectivity index (χ2n) is 4.45. The van der Waals surface area contributed by atoms with E-state index >= 15 is 0 Å². The van der Waals surface area contributed by atoms with Gasteiger partial charge < -0.3 is 8.83 Å². The molecule has 2 aromatic heterocycles. The lowest BCUT2D eigenvalue weighted by molar-refractivity contribution is 0.525. The molecule has 5 heteroatoms. The normalized spacial score (nSPS) is 10.9. The van der Waals surface area contributed by atoms with E-state index in [4.69, 9.17) is 8.83 Å². The van der Waals surface area contributed by atoms with Gasteiger partial charge in [0, 0.05) is 10.5 Å². The summed E-state index contributed by atoms with van der Waals surface area (Å²) in [6, 6.07) is 9.92. The van der Waals surface area contributed by atoms with Crippen molar-refractivity contribution in [1.29, 1.82) is 0 Å². The standard InChI is InChI=1S/C15H14N2O2S/c1-10-5-3-4-6-12(10)15-17-16-14(19-15)9-20-13-7-8-18-11(13)2/h3-8H,9H2,1-2H3. The van der Waals surface area contributed by atoms with Crippen LogP contribution in [-0.2, 0) is 5.75 Å². The van der Waals surface area contributed by atoms with Gasteiger partial charge in [0.15, 0.2) is 0 Å². The predicted octanol–water partition coefficient (Wildman–Crippen LogP) is 4.24. The maximum absolute atomic E-state index is 5.72. The van der Waals surface area contributed by atoms with Gasteiger partial charge in [-0.15, -0.1) is 22.0 Å². The first-order valence-electron chi connectivity index (χ1n) is 6.29. The molecule has 3 rings (SSSR count). The molecule has 0 aliphatic carbocycles. The van der Waals surface area contributed by atoms with Crippen molar-refractivity contribution in [3.8, 4) is 11.5 Å². The first-order valence-corrected chi connectivity index (χ1v) is 7.28. The Morgan fingerprint density at radius 1 is 1.10 bits per heavy atom. The molecular weight excluding hydrogens is 272 g/mol. The molecule has 3 aromatic rings. The van der Waals surface area contributed by atoms with Crippen LogP contribution in [0.5, 0.6) is 0 Å². The van der Waals surface area contributed by atoms with Crippen LogP contribution in [0.2, 0.25) is 0 Å². The summed E-state index contributed by atoms with van der Waals surface area (Å²) in [5.41, 5.74) is 2.11. The van der Waals surface area contributed by atoms with Crippen LogP contribution in [0.3, 0.4) is 0 Å². The van der Waals surface area contributed by atoms with E-state index in [1.807, 2.05) is 44.2 Å². The van der Waals surface area contributed by atoms with Gasteiger partial charge in [-0.2, -0.15) is 0 Å². The molecule has 0 amide bonds. The lowest BCUT2D eigenvalue weighted by Gasteiger charge is -1.98. The second kappa shape index (κ2) is 5.54.